The minimum Gasteiger partial charge on any atom is -0.494 e. The number of aromatic nitrogens is 3. The van der Waals surface area contributed by atoms with Gasteiger partial charge in [-0.15, -0.1) is 5.10 Å². The quantitative estimate of drug-likeness (QED) is 0.693. The Hall–Kier alpha value is -3.75. The van der Waals surface area contributed by atoms with E-state index in [1.54, 1.807) is 42.5 Å². The molecule has 1 aromatic heterocycles. The highest BCUT2D eigenvalue weighted by Crippen LogP contribution is 2.33. The van der Waals surface area contributed by atoms with Gasteiger partial charge < -0.3 is 25.3 Å². The average Bonchev–Trinajstić information content (AvgIpc) is 3.08. The van der Waals surface area contributed by atoms with Crippen LogP contribution in [0.3, 0.4) is 0 Å². The number of ether oxygens (including phenoxy) is 3. The van der Waals surface area contributed by atoms with Gasteiger partial charge in [-0.25, -0.2) is 0 Å². The van der Waals surface area contributed by atoms with Crippen molar-refractivity contribution < 1.29 is 19.0 Å². The second-order valence-corrected chi connectivity index (χ2v) is 5.95. The van der Waals surface area contributed by atoms with Crippen molar-refractivity contribution in [2.75, 3.05) is 30.9 Å². The van der Waals surface area contributed by atoms with Crippen LogP contribution in [-0.4, -0.2) is 40.5 Å². The maximum atomic E-state index is 12.7. The van der Waals surface area contributed by atoms with Gasteiger partial charge in [-0.1, -0.05) is 0 Å². The lowest BCUT2D eigenvalue weighted by Crippen LogP contribution is -2.16. The molecule has 2 aromatic carbocycles. The first kappa shape index (κ1) is 17.7. The van der Waals surface area contributed by atoms with Gasteiger partial charge in [-0.2, -0.15) is 9.67 Å². The van der Waals surface area contributed by atoms with Crippen molar-refractivity contribution >= 4 is 23.5 Å². The predicted octanol–water partition coefficient (Wildman–Crippen LogP) is 2.46. The first-order valence-corrected chi connectivity index (χ1v) is 8.81. The molecule has 0 unspecified atom stereocenters. The SMILES string of the molecule is CCOc1ccc(C(=O)n2nc(Nc3ccc4c(c3)OCCO4)nc2N)cc1. The second-order valence-electron chi connectivity index (χ2n) is 5.95. The normalized spacial score (nSPS) is 12.5. The van der Waals surface area contributed by atoms with Crippen LogP contribution in [0.25, 0.3) is 0 Å². The van der Waals surface area contributed by atoms with Gasteiger partial charge in [0.05, 0.1) is 6.61 Å². The summed E-state index contributed by atoms with van der Waals surface area (Å²) < 4.78 is 17.5. The molecule has 0 aliphatic carbocycles. The number of carbonyl (C=O) groups excluding carboxylic acids is 1. The molecule has 0 atom stereocenters. The first-order valence-electron chi connectivity index (χ1n) is 8.81. The smallest absolute Gasteiger partial charge is 0.281 e. The van der Waals surface area contributed by atoms with Crippen LogP contribution in [0.2, 0.25) is 0 Å². The standard InChI is InChI=1S/C19H19N5O4/c1-2-26-14-6-3-12(4-7-14)17(25)24-18(20)22-19(23-24)21-13-5-8-15-16(11-13)28-10-9-27-15/h3-8,11H,2,9-10H2,1H3,(H3,20,21,22,23). The molecule has 0 fully saturated rings. The van der Waals surface area contributed by atoms with E-state index in [0.29, 0.717) is 48.3 Å². The number of nitrogens with zero attached hydrogens (tertiary/aromatic N) is 3. The molecule has 2 heterocycles. The summed E-state index contributed by atoms with van der Waals surface area (Å²) in [5.41, 5.74) is 6.99. The molecule has 28 heavy (non-hydrogen) atoms. The van der Waals surface area contributed by atoms with Crippen molar-refractivity contribution in [3.05, 3.63) is 48.0 Å². The number of benzene rings is 2. The van der Waals surface area contributed by atoms with Crippen molar-refractivity contribution in [3.63, 3.8) is 0 Å². The van der Waals surface area contributed by atoms with Gasteiger partial charge in [0.15, 0.2) is 11.5 Å². The number of nitrogens with one attached hydrogen (secondary N) is 1. The monoisotopic (exact) mass is 381 g/mol. The summed E-state index contributed by atoms with van der Waals surface area (Å²) >= 11 is 0. The number of hydrogen-bond donors (Lipinski definition) is 2. The highest BCUT2D eigenvalue weighted by molar-refractivity contribution is 5.97. The molecule has 1 aliphatic heterocycles. The molecular formula is C19H19N5O4. The van der Waals surface area contributed by atoms with E-state index < -0.39 is 0 Å². The van der Waals surface area contributed by atoms with Crippen LogP contribution in [0.15, 0.2) is 42.5 Å². The molecule has 9 heteroatoms. The lowest BCUT2D eigenvalue weighted by molar-refractivity contribution is 0.0948. The van der Waals surface area contributed by atoms with Crippen LogP contribution in [0.1, 0.15) is 17.3 Å². The zero-order valence-electron chi connectivity index (χ0n) is 15.2. The van der Waals surface area contributed by atoms with Crippen LogP contribution in [0, 0.1) is 0 Å². The number of carbonyl (C=O) groups is 1. The van der Waals surface area contributed by atoms with Gasteiger partial charge >= 0.3 is 0 Å². The summed E-state index contributed by atoms with van der Waals surface area (Å²) in [7, 11) is 0. The molecule has 1 aliphatic rings. The van der Waals surface area contributed by atoms with Crippen LogP contribution >= 0.6 is 0 Å². The average molecular weight is 381 g/mol. The van der Waals surface area contributed by atoms with Gasteiger partial charge in [0.25, 0.3) is 5.91 Å². The summed E-state index contributed by atoms with van der Waals surface area (Å²) in [4.78, 5) is 16.8. The zero-order chi connectivity index (χ0) is 19.5. The van der Waals surface area contributed by atoms with Crippen LogP contribution < -0.4 is 25.3 Å². The predicted molar refractivity (Wildman–Crippen MR) is 102 cm³/mol. The lowest BCUT2D eigenvalue weighted by atomic mass is 10.2. The Kier molecular flexibility index (Phi) is 4.71. The highest BCUT2D eigenvalue weighted by atomic mass is 16.6. The molecule has 3 N–H and O–H groups in total. The van der Waals surface area contributed by atoms with E-state index in [9.17, 15) is 4.79 Å². The van der Waals surface area contributed by atoms with Crippen molar-refractivity contribution in [1.82, 2.24) is 14.8 Å². The number of nitrogens with two attached hydrogens (primary N) is 1. The topological polar surface area (TPSA) is 114 Å². The second kappa shape index (κ2) is 7.47. The zero-order valence-corrected chi connectivity index (χ0v) is 15.2. The number of nitrogen functional groups attached to an aromatic ring is 1. The van der Waals surface area contributed by atoms with E-state index in [1.807, 2.05) is 6.92 Å². The Morgan fingerprint density at radius 3 is 2.68 bits per heavy atom. The fourth-order valence-corrected chi connectivity index (χ4v) is 2.76. The molecule has 0 amide bonds. The summed E-state index contributed by atoms with van der Waals surface area (Å²) in [6.45, 7) is 3.46. The van der Waals surface area contributed by atoms with Crippen molar-refractivity contribution in [1.29, 1.82) is 0 Å². The minimum absolute atomic E-state index is 0.0149. The molecule has 3 aromatic rings. The number of rotatable bonds is 5. The van der Waals surface area contributed by atoms with Crippen molar-refractivity contribution in [2.24, 2.45) is 0 Å². The van der Waals surface area contributed by atoms with E-state index >= 15 is 0 Å². The van der Waals surface area contributed by atoms with E-state index in [2.05, 4.69) is 15.4 Å². The third-order valence-electron chi connectivity index (χ3n) is 4.04. The number of anilines is 3. The molecule has 4 rings (SSSR count). The van der Waals surface area contributed by atoms with E-state index in [4.69, 9.17) is 19.9 Å². The summed E-state index contributed by atoms with van der Waals surface area (Å²) in [6.07, 6.45) is 0. The van der Waals surface area contributed by atoms with Crippen LogP contribution in [0.4, 0.5) is 17.6 Å². The van der Waals surface area contributed by atoms with E-state index in [0.717, 1.165) is 4.68 Å². The van der Waals surface area contributed by atoms with Gasteiger partial charge in [0.2, 0.25) is 11.9 Å². The maximum Gasteiger partial charge on any atom is 0.281 e. The number of hydrogen-bond acceptors (Lipinski definition) is 8. The van der Waals surface area contributed by atoms with Crippen molar-refractivity contribution in [2.45, 2.75) is 6.92 Å². The maximum absolute atomic E-state index is 12.7. The molecule has 0 spiro atoms. The largest absolute Gasteiger partial charge is 0.494 e. The van der Waals surface area contributed by atoms with E-state index in [1.165, 1.54) is 0 Å². The van der Waals surface area contributed by atoms with Crippen LogP contribution in [0.5, 0.6) is 17.2 Å². The fourth-order valence-electron chi connectivity index (χ4n) is 2.76. The Bertz CT molecular complexity index is 1000. The Balaban J connectivity index is 1.52. The van der Waals surface area contributed by atoms with Gasteiger partial charge in [-0.3, -0.25) is 4.79 Å². The highest BCUT2D eigenvalue weighted by Gasteiger charge is 2.17. The number of fused-ring (bicyclic) bond motifs is 1. The summed E-state index contributed by atoms with van der Waals surface area (Å²) in [5, 5.41) is 7.19. The van der Waals surface area contributed by atoms with Gasteiger partial charge in [0.1, 0.15) is 19.0 Å². The Morgan fingerprint density at radius 2 is 1.93 bits per heavy atom. The first-order chi connectivity index (χ1) is 13.6. The Morgan fingerprint density at radius 1 is 1.18 bits per heavy atom. The summed E-state index contributed by atoms with van der Waals surface area (Å²) in [6, 6.07) is 12.1. The molecule has 9 nitrogen and oxygen atoms in total. The fraction of sp³-hybridized carbons (Fsp3) is 0.211. The van der Waals surface area contributed by atoms with Gasteiger partial charge in [0, 0.05) is 17.3 Å². The molecular weight excluding hydrogens is 362 g/mol. The third-order valence-corrected chi connectivity index (χ3v) is 4.04. The van der Waals surface area contributed by atoms with Crippen molar-refractivity contribution in [3.8, 4) is 17.2 Å². The molecule has 0 radical (unpaired) electrons. The third kappa shape index (κ3) is 3.54. The molecule has 144 valence electrons. The minimum atomic E-state index is -0.386. The Labute approximate surface area is 161 Å². The molecule has 0 saturated heterocycles. The lowest BCUT2D eigenvalue weighted by Gasteiger charge is -2.18. The summed E-state index contributed by atoms with van der Waals surface area (Å²) in [5.74, 6) is 1.80. The van der Waals surface area contributed by atoms with E-state index in [-0.39, 0.29) is 17.8 Å². The molecule has 0 bridgehead atoms. The van der Waals surface area contributed by atoms with Gasteiger partial charge in [-0.05, 0) is 43.3 Å². The van der Waals surface area contributed by atoms with Crippen LogP contribution in [-0.2, 0) is 0 Å². The molecule has 0 saturated carbocycles.